The Balaban J connectivity index is 0.000000726. The lowest BCUT2D eigenvalue weighted by Gasteiger charge is -2.31. The monoisotopic (exact) mass is 503 g/mol. The molecule has 1 aromatic carbocycles. The van der Waals surface area contributed by atoms with Crippen LogP contribution >= 0.6 is 5.69 Å². The van der Waals surface area contributed by atoms with Crippen LogP contribution in [0.2, 0.25) is 0 Å². The molecule has 0 amide bonds. The van der Waals surface area contributed by atoms with E-state index in [1.165, 1.54) is 44.1 Å². The summed E-state index contributed by atoms with van der Waals surface area (Å²) in [4.78, 5) is 0. The Kier molecular flexibility index (Phi) is 18.5. The van der Waals surface area contributed by atoms with Gasteiger partial charge in [0.2, 0.25) is 0 Å². The molecule has 0 aliphatic heterocycles. The highest BCUT2D eigenvalue weighted by atomic mass is 32.9. The largest absolute Gasteiger partial charge is 0.691 e. The summed E-state index contributed by atoms with van der Waals surface area (Å²) in [5.74, 6) is 1.14. The summed E-state index contributed by atoms with van der Waals surface area (Å²) in [6, 6.07) is 10.6. The quantitative estimate of drug-likeness (QED) is 0.129. The molecular formula is C26H50NO2PS2. The Morgan fingerprint density at radius 1 is 0.844 bits per heavy atom. The first-order valence-electron chi connectivity index (χ1n) is 12.5. The summed E-state index contributed by atoms with van der Waals surface area (Å²) in [5.41, 5.74) is -1.07. The third kappa shape index (κ3) is 18.5. The third-order valence-corrected chi connectivity index (χ3v) is 7.72. The maximum atomic E-state index is 5.80. The SMILES string of the molecule is CCCCC(CC)COP(=S)([S-])OCC(CC)CCCC.C[N+](C)(C)Cc1ccccc1. The van der Waals surface area contributed by atoms with Gasteiger partial charge < -0.3 is 25.8 Å². The fraction of sp³-hybridized carbons (Fsp3) is 0.769. The molecule has 0 fully saturated rings. The van der Waals surface area contributed by atoms with Crippen LogP contribution in [0.4, 0.5) is 0 Å². The minimum Gasteiger partial charge on any atom is -0.691 e. The fourth-order valence-corrected chi connectivity index (χ4v) is 4.95. The van der Waals surface area contributed by atoms with Crippen LogP contribution in [0.5, 0.6) is 0 Å². The van der Waals surface area contributed by atoms with Crippen molar-refractivity contribution in [2.45, 2.75) is 85.6 Å². The second-order valence-electron chi connectivity index (χ2n) is 9.81. The Labute approximate surface area is 210 Å². The fourth-order valence-electron chi connectivity index (χ4n) is 3.36. The number of hydrogen-bond acceptors (Lipinski definition) is 4. The van der Waals surface area contributed by atoms with E-state index in [1.807, 2.05) is 0 Å². The molecule has 0 saturated carbocycles. The first-order valence-corrected chi connectivity index (χ1v) is 16.2. The number of nitrogens with zero attached hydrogens (tertiary/aromatic N) is 1. The van der Waals surface area contributed by atoms with Crippen LogP contribution < -0.4 is 0 Å². The number of hydrogen-bond donors (Lipinski definition) is 0. The molecule has 6 heteroatoms. The molecule has 3 nitrogen and oxygen atoms in total. The smallest absolute Gasteiger partial charge is 0.104 e. The molecule has 0 radical (unpaired) electrons. The van der Waals surface area contributed by atoms with Gasteiger partial charge in [-0.15, -0.1) is 0 Å². The summed E-state index contributed by atoms with van der Waals surface area (Å²) in [6.45, 7) is 11.3. The minimum atomic E-state index is -2.47. The second-order valence-corrected chi connectivity index (χ2v) is 14.8. The lowest BCUT2D eigenvalue weighted by Crippen LogP contribution is -2.33. The normalized spacial score (nSPS) is 15.4. The maximum Gasteiger partial charge on any atom is 0.104 e. The summed E-state index contributed by atoms with van der Waals surface area (Å²) in [5, 5.41) is 0. The van der Waals surface area contributed by atoms with Crippen molar-refractivity contribution in [2.24, 2.45) is 11.8 Å². The van der Waals surface area contributed by atoms with Gasteiger partial charge in [0.25, 0.3) is 0 Å². The molecule has 0 heterocycles. The van der Waals surface area contributed by atoms with Gasteiger partial charge in [0.15, 0.2) is 0 Å². The van der Waals surface area contributed by atoms with Crippen molar-refractivity contribution in [3.8, 4) is 0 Å². The zero-order valence-electron chi connectivity index (χ0n) is 21.8. The Bertz CT molecular complexity index is 584. The van der Waals surface area contributed by atoms with Gasteiger partial charge in [0.1, 0.15) is 6.54 Å². The topological polar surface area (TPSA) is 18.5 Å². The number of benzene rings is 1. The van der Waals surface area contributed by atoms with Crippen LogP contribution in [0.25, 0.3) is 0 Å². The van der Waals surface area contributed by atoms with Gasteiger partial charge in [-0.25, -0.2) is 0 Å². The number of rotatable bonds is 16. The van der Waals surface area contributed by atoms with Crippen molar-refractivity contribution in [1.29, 1.82) is 0 Å². The second kappa shape index (κ2) is 18.4. The third-order valence-electron chi connectivity index (χ3n) is 5.52. The van der Waals surface area contributed by atoms with Crippen molar-refractivity contribution in [3.05, 3.63) is 35.9 Å². The molecule has 0 aromatic heterocycles. The molecule has 1 aromatic rings. The summed E-state index contributed by atoms with van der Waals surface area (Å²) >= 11 is 10.8. The Morgan fingerprint density at radius 3 is 1.62 bits per heavy atom. The van der Waals surface area contributed by atoms with E-state index in [-0.39, 0.29) is 0 Å². The number of unbranched alkanes of at least 4 members (excludes halogenated alkanes) is 2. The molecule has 188 valence electrons. The molecule has 1 rings (SSSR count). The Hall–Kier alpha value is 0.1000. The summed E-state index contributed by atoms with van der Waals surface area (Å²) in [7, 11) is 6.60. The van der Waals surface area contributed by atoms with E-state index in [2.05, 4.69) is 79.2 Å². The molecular weight excluding hydrogens is 453 g/mol. The van der Waals surface area contributed by atoms with Gasteiger partial charge in [-0.05, 0) is 24.7 Å². The lowest BCUT2D eigenvalue weighted by molar-refractivity contribution is -0.884. The molecule has 0 aliphatic rings. The standard InChI is InChI=1S/C16H35O2PS2.C10H16N/c1-5-9-11-15(7-3)13-17-19(20,21)18-14-16(8-4)12-10-6-2;1-11(2,3)9-10-7-5-4-6-8-10/h15-16H,5-14H2,1-4H3,(H,20,21);4-8H,9H2,1-3H3/q;+1/p-1. The van der Waals surface area contributed by atoms with Crippen molar-refractivity contribution >= 4 is 29.7 Å². The van der Waals surface area contributed by atoms with Crippen LogP contribution in [-0.4, -0.2) is 38.8 Å². The lowest BCUT2D eigenvalue weighted by atomic mass is 10.0. The van der Waals surface area contributed by atoms with E-state index in [0.29, 0.717) is 25.0 Å². The van der Waals surface area contributed by atoms with Crippen molar-refractivity contribution < 1.29 is 13.5 Å². The molecule has 2 unspecified atom stereocenters. The van der Waals surface area contributed by atoms with E-state index >= 15 is 0 Å². The van der Waals surface area contributed by atoms with Gasteiger partial charge in [-0.2, -0.15) is 0 Å². The molecule has 2 atom stereocenters. The predicted molar refractivity (Wildman–Crippen MR) is 148 cm³/mol. The summed E-state index contributed by atoms with van der Waals surface area (Å²) < 4.78 is 12.6. The molecule has 0 bridgehead atoms. The van der Waals surface area contributed by atoms with Crippen LogP contribution in [0.1, 0.15) is 84.6 Å². The van der Waals surface area contributed by atoms with Crippen LogP contribution in [-0.2, 0) is 39.6 Å². The average Bonchev–Trinajstić information content (AvgIpc) is 2.74. The zero-order valence-corrected chi connectivity index (χ0v) is 24.4. The molecule has 0 aliphatic carbocycles. The predicted octanol–water partition coefficient (Wildman–Crippen LogP) is 8.12. The van der Waals surface area contributed by atoms with E-state index in [1.54, 1.807) is 0 Å². The molecule has 0 spiro atoms. The molecule has 0 saturated heterocycles. The maximum absolute atomic E-state index is 5.80. The van der Waals surface area contributed by atoms with E-state index in [9.17, 15) is 0 Å². The zero-order chi connectivity index (χ0) is 24.5. The molecule has 0 N–H and O–H groups in total. The van der Waals surface area contributed by atoms with Gasteiger partial charge in [-0.1, -0.05) is 108 Å². The van der Waals surface area contributed by atoms with Gasteiger partial charge in [0.05, 0.1) is 40.1 Å². The molecule has 32 heavy (non-hydrogen) atoms. The Morgan fingerprint density at radius 2 is 1.28 bits per heavy atom. The van der Waals surface area contributed by atoms with Crippen LogP contribution in [0.3, 0.4) is 0 Å². The first-order chi connectivity index (χ1) is 15.1. The van der Waals surface area contributed by atoms with Crippen molar-refractivity contribution in [2.75, 3.05) is 34.4 Å². The number of quaternary nitrogens is 1. The first kappa shape index (κ1) is 32.1. The van der Waals surface area contributed by atoms with Crippen LogP contribution in [0, 0.1) is 11.8 Å². The van der Waals surface area contributed by atoms with Gasteiger partial charge >= 0.3 is 0 Å². The van der Waals surface area contributed by atoms with Crippen LogP contribution in [0.15, 0.2) is 30.3 Å². The van der Waals surface area contributed by atoms with E-state index in [4.69, 9.17) is 33.1 Å². The van der Waals surface area contributed by atoms with Gasteiger partial charge in [-0.3, -0.25) is 0 Å². The highest BCUT2D eigenvalue weighted by Gasteiger charge is 2.12. The average molecular weight is 504 g/mol. The minimum absolute atomic E-state index is 0.570. The highest BCUT2D eigenvalue weighted by molar-refractivity contribution is 8.51. The van der Waals surface area contributed by atoms with Gasteiger partial charge in [0, 0.05) is 5.56 Å². The summed E-state index contributed by atoms with van der Waals surface area (Å²) in [6.07, 6.45) is 9.60. The highest BCUT2D eigenvalue weighted by Crippen LogP contribution is 2.47. The van der Waals surface area contributed by atoms with Crippen molar-refractivity contribution in [1.82, 2.24) is 0 Å². The van der Waals surface area contributed by atoms with Crippen molar-refractivity contribution in [3.63, 3.8) is 0 Å². The van der Waals surface area contributed by atoms with E-state index < -0.39 is 5.69 Å². The van der Waals surface area contributed by atoms with E-state index in [0.717, 1.165) is 23.9 Å².